The molecule has 0 radical (unpaired) electrons. The van der Waals surface area contributed by atoms with Crippen LogP contribution < -0.4 is 0 Å². The average Bonchev–Trinajstić information content (AvgIpc) is 2.16. The van der Waals surface area contributed by atoms with Crippen LogP contribution in [0, 0.1) is 17.3 Å². The standard InChI is InChI=1S/C13H20O/c1-5-12(14)10-6-9-7-11(8(10)2)13(9,3)4/h9,11H,5-7H2,1-4H3. The number of allylic oxidation sites excluding steroid dienone is 2. The number of ketones is 1. The first kappa shape index (κ1) is 9.95. The Morgan fingerprint density at radius 2 is 2.14 bits per heavy atom. The fourth-order valence-corrected chi connectivity index (χ4v) is 3.26. The van der Waals surface area contributed by atoms with Gasteiger partial charge >= 0.3 is 0 Å². The monoisotopic (exact) mass is 192 g/mol. The van der Waals surface area contributed by atoms with Gasteiger partial charge in [0.15, 0.2) is 5.78 Å². The molecule has 0 aromatic carbocycles. The largest absolute Gasteiger partial charge is 0.295 e. The molecule has 2 atom stereocenters. The van der Waals surface area contributed by atoms with E-state index in [4.69, 9.17) is 0 Å². The summed E-state index contributed by atoms with van der Waals surface area (Å²) in [5.74, 6) is 1.83. The summed E-state index contributed by atoms with van der Waals surface area (Å²) in [4.78, 5) is 11.7. The van der Waals surface area contributed by atoms with Gasteiger partial charge in [0, 0.05) is 6.42 Å². The SMILES string of the molecule is CCC(=O)C1=C(C)C2CC(C1)C2(C)C. The minimum Gasteiger partial charge on any atom is -0.295 e. The summed E-state index contributed by atoms with van der Waals surface area (Å²) in [6.45, 7) is 8.84. The van der Waals surface area contributed by atoms with Gasteiger partial charge in [-0.15, -0.1) is 0 Å². The first-order valence-corrected chi connectivity index (χ1v) is 5.71. The van der Waals surface area contributed by atoms with Gasteiger partial charge in [0.1, 0.15) is 0 Å². The van der Waals surface area contributed by atoms with E-state index < -0.39 is 0 Å². The fourth-order valence-electron chi connectivity index (χ4n) is 3.26. The number of Topliss-reactive ketones (excluding diaryl/α,β-unsaturated/α-hetero) is 1. The Balaban J connectivity index is 2.31. The molecule has 1 nitrogen and oxygen atoms in total. The molecule has 0 amide bonds. The van der Waals surface area contributed by atoms with Crippen LogP contribution in [0.3, 0.4) is 0 Å². The first-order valence-electron chi connectivity index (χ1n) is 5.71. The van der Waals surface area contributed by atoms with Gasteiger partial charge in [-0.2, -0.15) is 0 Å². The van der Waals surface area contributed by atoms with E-state index in [1.165, 1.54) is 12.0 Å². The zero-order valence-corrected chi connectivity index (χ0v) is 9.68. The molecule has 1 heteroatoms. The number of carbonyl (C=O) groups is 1. The lowest BCUT2D eigenvalue weighted by Gasteiger charge is -2.57. The highest BCUT2D eigenvalue weighted by molar-refractivity contribution is 5.96. The average molecular weight is 192 g/mol. The van der Waals surface area contributed by atoms with E-state index >= 15 is 0 Å². The van der Waals surface area contributed by atoms with Gasteiger partial charge in [-0.05, 0) is 42.6 Å². The maximum atomic E-state index is 11.7. The molecule has 0 aromatic heterocycles. The topological polar surface area (TPSA) is 17.1 Å². The zero-order chi connectivity index (χ0) is 10.5. The molecule has 1 fully saturated rings. The molecule has 0 aliphatic heterocycles. The summed E-state index contributed by atoms with van der Waals surface area (Å²) < 4.78 is 0. The van der Waals surface area contributed by atoms with Crippen LogP contribution in [-0.2, 0) is 4.79 Å². The second kappa shape index (κ2) is 2.95. The molecular formula is C13H20O. The van der Waals surface area contributed by atoms with Crippen molar-refractivity contribution in [3.8, 4) is 0 Å². The predicted octanol–water partition coefficient (Wildman–Crippen LogP) is 3.35. The Morgan fingerprint density at radius 3 is 2.57 bits per heavy atom. The Kier molecular flexibility index (Phi) is 2.09. The van der Waals surface area contributed by atoms with Crippen LogP contribution in [0.2, 0.25) is 0 Å². The number of hydrogen-bond donors (Lipinski definition) is 0. The second-order valence-electron chi connectivity index (χ2n) is 5.45. The van der Waals surface area contributed by atoms with Crippen LogP contribution in [-0.4, -0.2) is 5.78 Å². The summed E-state index contributed by atoms with van der Waals surface area (Å²) in [5, 5.41) is 0. The van der Waals surface area contributed by atoms with Crippen molar-refractivity contribution in [2.24, 2.45) is 17.3 Å². The third kappa shape index (κ3) is 1.11. The Morgan fingerprint density at radius 1 is 1.50 bits per heavy atom. The van der Waals surface area contributed by atoms with Gasteiger partial charge in [0.2, 0.25) is 0 Å². The van der Waals surface area contributed by atoms with E-state index in [0.29, 0.717) is 23.5 Å². The molecule has 78 valence electrons. The normalized spacial score (nSPS) is 34.0. The van der Waals surface area contributed by atoms with Gasteiger partial charge in [-0.3, -0.25) is 4.79 Å². The Bertz CT molecular complexity index is 309. The molecule has 3 aliphatic rings. The Hall–Kier alpha value is -0.590. The van der Waals surface area contributed by atoms with Crippen molar-refractivity contribution in [3.05, 3.63) is 11.1 Å². The van der Waals surface area contributed by atoms with E-state index in [9.17, 15) is 4.79 Å². The molecule has 0 spiro atoms. The minimum absolute atomic E-state index is 0.382. The van der Waals surface area contributed by atoms with Crippen LogP contribution in [0.1, 0.15) is 47.0 Å². The molecule has 1 saturated carbocycles. The molecule has 0 saturated heterocycles. The Labute approximate surface area is 86.6 Å². The van der Waals surface area contributed by atoms with E-state index in [2.05, 4.69) is 20.8 Å². The van der Waals surface area contributed by atoms with Crippen molar-refractivity contribution in [2.75, 3.05) is 0 Å². The lowest BCUT2D eigenvalue weighted by molar-refractivity contribution is -0.117. The van der Waals surface area contributed by atoms with Crippen LogP contribution in [0.5, 0.6) is 0 Å². The van der Waals surface area contributed by atoms with Gasteiger partial charge in [-0.25, -0.2) is 0 Å². The molecule has 3 aliphatic carbocycles. The highest BCUT2D eigenvalue weighted by Crippen LogP contribution is 2.60. The van der Waals surface area contributed by atoms with E-state index in [-0.39, 0.29) is 0 Å². The van der Waals surface area contributed by atoms with Crippen molar-refractivity contribution in [1.29, 1.82) is 0 Å². The molecular weight excluding hydrogens is 172 g/mol. The number of fused-ring (bicyclic) bond motifs is 1. The van der Waals surface area contributed by atoms with Gasteiger partial charge in [0.25, 0.3) is 0 Å². The third-order valence-corrected chi connectivity index (χ3v) is 4.58. The fraction of sp³-hybridized carbons (Fsp3) is 0.769. The molecule has 0 heterocycles. The van der Waals surface area contributed by atoms with Crippen LogP contribution in [0.15, 0.2) is 11.1 Å². The van der Waals surface area contributed by atoms with Crippen molar-refractivity contribution >= 4 is 5.78 Å². The lowest BCUT2D eigenvalue weighted by atomic mass is 9.47. The van der Waals surface area contributed by atoms with Crippen molar-refractivity contribution in [2.45, 2.75) is 47.0 Å². The van der Waals surface area contributed by atoms with E-state index in [1.54, 1.807) is 0 Å². The highest BCUT2D eigenvalue weighted by atomic mass is 16.1. The third-order valence-electron chi connectivity index (χ3n) is 4.58. The number of carbonyl (C=O) groups excluding carboxylic acids is 1. The zero-order valence-electron chi connectivity index (χ0n) is 9.68. The summed E-state index contributed by atoms with van der Waals surface area (Å²) in [6, 6.07) is 0. The quantitative estimate of drug-likeness (QED) is 0.655. The smallest absolute Gasteiger partial charge is 0.158 e. The van der Waals surface area contributed by atoms with Crippen molar-refractivity contribution in [1.82, 2.24) is 0 Å². The summed E-state index contributed by atoms with van der Waals surface area (Å²) >= 11 is 0. The second-order valence-corrected chi connectivity index (χ2v) is 5.45. The molecule has 3 rings (SSSR count). The predicted molar refractivity (Wildman–Crippen MR) is 58.0 cm³/mol. The molecule has 2 unspecified atom stereocenters. The minimum atomic E-state index is 0.382. The van der Waals surface area contributed by atoms with Crippen LogP contribution >= 0.6 is 0 Å². The van der Waals surface area contributed by atoms with Gasteiger partial charge in [-0.1, -0.05) is 26.3 Å². The summed E-state index contributed by atoms with van der Waals surface area (Å²) in [7, 11) is 0. The van der Waals surface area contributed by atoms with Crippen molar-refractivity contribution < 1.29 is 4.79 Å². The van der Waals surface area contributed by atoms with Crippen LogP contribution in [0.25, 0.3) is 0 Å². The van der Waals surface area contributed by atoms with Crippen molar-refractivity contribution in [3.63, 3.8) is 0 Å². The summed E-state index contributed by atoms with van der Waals surface area (Å²) in [5.41, 5.74) is 3.01. The van der Waals surface area contributed by atoms with E-state index in [0.717, 1.165) is 17.9 Å². The van der Waals surface area contributed by atoms with Crippen LogP contribution in [0.4, 0.5) is 0 Å². The molecule has 0 N–H and O–H groups in total. The number of hydrogen-bond acceptors (Lipinski definition) is 1. The lowest BCUT2D eigenvalue weighted by Crippen LogP contribution is -2.49. The maximum absolute atomic E-state index is 11.7. The summed E-state index contributed by atoms with van der Waals surface area (Å²) in [6.07, 6.45) is 3.04. The molecule has 2 bridgehead atoms. The number of rotatable bonds is 2. The molecule has 14 heavy (non-hydrogen) atoms. The maximum Gasteiger partial charge on any atom is 0.158 e. The molecule has 0 aromatic rings. The first-order chi connectivity index (χ1) is 6.48. The van der Waals surface area contributed by atoms with Gasteiger partial charge < -0.3 is 0 Å². The highest BCUT2D eigenvalue weighted by Gasteiger charge is 2.52. The van der Waals surface area contributed by atoms with Gasteiger partial charge in [0.05, 0.1) is 0 Å². The van der Waals surface area contributed by atoms with E-state index in [1.807, 2.05) is 6.92 Å².